The molecule has 154 valence electrons. The number of carbonyl (C=O) groups excluding carboxylic acids is 1. The molecule has 27 heavy (non-hydrogen) atoms. The minimum absolute atomic E-state index is 0.188. The van der Waals surface area contributed by atoms with E-state index in [2.05, 4.69) is 20.8 Å². The molecule has 0 aromatic heterocycles. The number of benzene rings is 1. The minimum Gasteiger partial charge on any atom is -0.508 e. The van der Waals surface area contributed by atoms with Crippen molar-refractivity contribution in [1.82, 2.24) is 0 Å². The van der Waals surface area contributed by atoms with Gasteiger partial charge in [-0.1, -0.05) is 39.7 Å². The van der Waals surface area contributed by atoms with Crippen LogP contribution in [0.25, 0.3) is 0 Å². The number of phenolic OH excluding ortho intramolecular Hbond substituents is 2. The lowest BCUT2D eigenvalue weighted by molar-refractivity contribution is -0.140. The highest BCUT2D eigenvalue weighted by molar-refractivity contribution is 5.48. The Bertz CT molecular complexity index is 585. The van der Waals surface area contributed by atoms with Gasteiger partial charge < -0.3 is 14.9 Å². The lowest BCUT2D eigenvalue weighted by atomic mass is 9.89. The van der Waals surface area contributed by atoms with Crippen molar-refractivity contribution >= 4 is 6.47 Å². The van der Waals surface area contributed by atoms with Gasteiger partial charge in [-0.25, -0.2) is 0 Å². The number of unbranched alkanes of at least 4 members (excludes halogenated alkanes) is 3. The first kappa shape index (κ1) is 23.3. The van der Waals surface area contributed by atoms with Gasteiger partial charge in [0, 0.05) is 5.56 Å². The summed E-state index contributed by atoms with van der Waals surface area (Å²) in [7, 11) is 0. The van der Waals surface area contributed by atoms with E-state index in [4.69, 9.17) is 4.74 Å². The molecular weight excluding hydrogens is 340 g/mol. The maximum absolute atomic E-state index is 10.6. The van der Waals surface area contributed by atoms with Crippen molar-refractivity contribution in [2.24, 2.45) is 5.41 Å². The van der Waals surface area contributed by atoms with Crippen molar-refractivity contribution in [1.29, 1.82) is 0 Å². The Morgan fingerprint density at radius 1 is 0.889 bits per heavy atom. The SMILES string of the molecule is CC(C)(C)CCCCCc1c(O)ccc(CCCCC(C)(C)OC=O)c1O. The van der Waals surface area contributed by atoms with E-state index in [9.17, 15) is 15.0 Å². The second kappa shape index (κ2) is 10.6. The number of hydrogen-bond acceptors (Lipinski definition) is 4. The maximum atomic E-state index is 10.6. The molecule has 0 fully saturated rings. The first-order valence-electron chi connectivity index (χ1n) is 10.2. The Morgan fingerprint density at radius 3 is 2.15 bits per heavy atom. The van der Waals surface area contributed by atoms with Crippen LogP contribution in [0, 0.1) is 5.41 Å². The number of rotatable bonds is 12. The minimum atomic E-state index is -0.447. The summed E-state index contributed by atoms with van der Waals surface area (Å²) in [5, 5.41) is 20.7. The van der Waals surface area contributed by atoms with E-state index in [1.807, 2.05) is 13.8 Å². The zero-order valence-corrected chi connectivity index (χ0v) is 17.8. The smallest absolute Gasteiger partial charge is 0.293 e. The van der Waals surface area contributed by atoms with E-state index in [1.165, 1.54) is 12.8 Å². The van der Waals surface area contributed by atoms with Gasteiger partial charge in [-0.15, -0.1) is 0 Å². The Balaban J connectivity index is 2.51. The molecule has 4 heteroatoms. The quantitative estimate of drug-likeness (QED) is 0.350. The van der Waals surface area contributed by atoms with Gasteiger partial charge in [0.1, 0.15) is 17.1 Å². The largest absolute Gasteiger partial charge is 0.508 e. The number of aryl methyl sites for hydroxylation is 1. The number of carbonyl (C=O) groups is 1. The first-order chi connectivity index (χ1) is 12.6. The summed E-state index contributed by atoms with van der Waals surface area (Å²) < 4.78 is 5.06. The predicted molar refractivity (Wildman–Crippen MR) is 110 cm³/mol. The average Bonchev–Trinajstić information content (AvgIpc) is 2.54. The van der Waals surface area contributed by atoms with E-state index in [1.54, 1.807) is 12.1 Å². The summed E-state index contributed by atoms with van der Waals surface area (Å²) in [5.41, 5.74) is 1.46. The molecule has 0 saturated carbocycles. The fourth-order valence-electron chi connectivity index (χ4n) is 3.31. The Morgan fingerprint density at radius 2 is 1.52 bits per heavy atom. The molecule has 0 unspecified atom stereocenters. The molecule has 0 aliphatic heterocycles. The number of ether oxygens (including phenoxy) is 1. The number of hydrogen-bond donors (Lipinski definition) is 2. The second-order valence-corrected chi connectivity index (χ2v) is 9.37. The van der Waals surface area contributed by atoms with Crippen LogP contribution < -0.4 is 0 Å². The van der Waals surface area contributed by atoms with Gasteiger partial charge in [-0.3, -0.25) is 4.79 Å². The fourth-order valence-corrected chi connectivity index (χ4v) is 3.31. The normalized spacial score (nSPS) is 12.2. The van der Waals surface area contributed by atoms with E-state index >= 15 is 0 Å². The second-order valence-electron chi connectivity index (χ2n) is 9.37. The third-order valence-corrected chi connectivity index (χ3v) is 5.04. The van der Waals surface area contributed by atoms with E-state index < -0.39 is 5.60 Å². The molecule has 0 spiro atoms. The molecule has 0 radical (unpaired) electrons. The zero-order chi connectivity index (χ0) is 20.5. The third kappa shape index (κ3) is 9.16. The molecule has 0 aliphatic rings. The number of phenols is 2. The van der Waals surface area contributed by atoms with Crippen molar-refractivity contribution in [2.45, 2.75) is 98.0 Å². The lowest BCUT2D eigenvalue weighted by Gasteiger charge is -2.22. The first-order valence-corrected chi connectivity index (χ1v) is 10.2. The van der Waals surface area contributed by atoms with Crippen LogP contribution in [0.4, 0.5) is 0 Å². The summed E-state index contributed by atoms with van der Waals surface area (Å²) in [5.74, 6) is 0.432. The Labute approximate surface area is 164 Å². The van der Waals surface area contributed by atoms with Crippen LogP contribution in [0.15, 0.2) is 12.1 Å². The lowest BCUT2D eigenvalue weighted by Crippen LogP contribution is -2.23. The van der Waals surface area contributed by atoms with Crippen LogP contribution in [0.2, 0.25) is 0 Å². The average molecular weight is 379 g/mol. The molecule has 1 rings (SSSR count). The predicted octanol–water partition coefficient (Wildman–Crippen LogP) is 5.91. The Kier molecular flexibility index (Phi) is 9.14. The van der Waals surface area contributed by atoms with Crippen LogP contribution in [0.5, 0.6) is 11.5 Å². The molecule has 1 aromatic rings. The molecule has 2 N–H and O–H groups in total. The molecule has 0 atom stereocenters. The molecule has 4 nitrogen and oxygen atoms in total. The van der Waals surface area contributed by atoms with Gasteiger partial charge in [0.2, 0.25) is 0 Å². The van der Waals surface area contributed by atoms with Gasteiger partial charge in [-0.05, 0) is 75.8 Å². The fraction of sp³-hybridized carbons (Fsp3) is 0.696. The summed E-state index contributed by atoms with van der Waals surface area (Å²) in [6, 6.07) is 3.50. The van der Waals surface area contributed by atoms with Gasteiger partial charge in [0.25, 0.3) is 6.47 Å². The van der Waals surface area contributed by atoms with Crippen molar-refractivity contribution in [3.8, 4) is 11.5 Å². The highest BCUT2D eigenvalue weighted by atomic mass is 16.5. The topological polar surface area (TPSA) is 66.8 Å². The molecule has 0 heterocycles. The van der Waals surface area contributed by atoms with Gasteiger partial charge >= 0.3 is 0 Å². The van der Waals surface area contributed by atoms with E-state index in [-0.39, 0.29) is 11.5 Å². The standard InChI is InChI=1S/C23H38O4/c1-22(2,3)15-9-6-7-12-19-20(25)14-13-18(21(19)26)11-8-10-16-23(4,5)27-17-24/h13-14,17,25-26H,6-12,15-16H2,1-5H3. The van der Waals surface area contributed by atoms with Crippen LogP contribution in [0.1, 0.15) is 90.7 Å². The summed E-state index contributed by atoms with van der Waals surface area (Å²) in [4.78, 5) is 10.5. The van der Waals surface area contributed by atoms with Gasteiger partial charge in [-0.2, -0.15) is 0 Å². The molecule has 0 bridgehead atoms. The molecule has 0 saturated heterocycles. The van der Waals surface area contributed by atoms with Crippen LogP contribution in [-0.4, -0.2) is 22.3 Å². The molecule has 0 amide bonds. The van der Waals surface area contributed by atoms with E-state index in [0.717, 1.165) is 44.1 Å². The summed E-state index contributed by atoms with van der Waals surface area (Å²) >= 11 is 0. The van der Waals surface area contributed by atoms with Crippen molar-refractivity contribution in [2.75, 3.05) is 0 Å². The molecule has 0 aliphatic carbocycles. The van der Waals surface area contributed by atoms with Crippen molar-refractivity contribution in [3.05, 3.63) is 23.3 Å². The van der Waals surface area contributed by atoms with Gasteiger partial charge in [0.05, 0.1) is 0 Å². The molecular formula is C23H38O4. The van der Waals surface area contributed by atoms with Crippen molar-refractivity contribution in [3.63, 3.8) is 0 Å². The molecule has 1 aromatic carbocycles. The third-order valence-electron chi connectivity index (χ3n) is 5.04. The van der Waals surface area contributed by atoms with Crippen LogP contribution in [-0.2, 0) is 22.4 Å². The monoisotopic (exact) mass is 378 g/mol. The highest BCUT2D eigenvalue weighted by Gasteiger charge is 2.18. The summed E-state index contributed by atoms with van der Waals surface area (Å²) in [6.45, 7) is 11.1. The van der Waals surface area contributed by atoms with Crippen LogP contribution in [0.3, 0.4) is 0 Å². The zero-order valence-electron chi connectivity index (χ0n) is 17.8. The highest BCUT2D eigenvalue weighted by Crippen LogP contribution is 2.33. The van der Waals surface area contributed by atoms with E-state index in [0.29, 0.717) is 23.9 Å². The Hall–Kier alpha value is -1.71. The van der Waals surface area contributed by atoms with Gasteiger partial charge in [0.15, 0.2) is 0 Å². The van der Waals surface area contributed by atoms with Crippen molar-refractivity contribution < 1.29 is 19.7 Å². The maximum Gasteiger partial charge on any atom is 0.293 e. The summed E-state index contributed by atoms with van der Waals surface area (Å²) in [6.07, 6.45) is 8.47. The van der Waals surface area contributed by atoms with Crippen LogP contribution >= 0.6 is 0 Å². The number of aromatic hydroxyl groups is 2.